The van der Waals surface area contributed by atoms with E-state index >= 15 is 0 Å². The lowest BCUT2D eigenvalue weighted by Crippen LogP contribution is -2.28. The number of carbonyl (C=O) groups is 1. The smallest absolute Gasteiger partial charge is 0.230 e. The van der Waals surface area contributed by atoms with Gasteiger partial charge in [-0.25, -0.2) is 0 Å². The lowest BCUT2D eigenvalue weighted by Gasteiger charge is -2.11. The van der Waals surface area contributed by atoms with Crippen LogP contribution < -0.4 is 5.32 Å². The lowest BCUT2D eigenvalue weighted by atomic mass is 10.1. The van der Waals surface area contributed by atoms with Crippen molar-refractivity contribution in [2.24, 2.45) is 0 Å². The Bertz CT molecular complexity index is 916. The van der Waals surface area contributed by atoms with E-state index in [0.717, 1.165) is 24.4 Å². The number of hydrogen-bond acceptors (Lipinski definition) is 5. The zero-order chi connectivity index (χ0) is 20.5. The third-order valence-corrected chi connectivity index (χ3v) is 5.41. The molecule has 29 heavy (non-hydrogen) atoms. The van der Waals surface area contributed by atoms with Crippen molar-refractivity contribution in [2.75, 3.05) is 26.0 Å². The van der Waals surface area contributed by atoms with E-state index in [1.165, 1.54) is 17.3 Å². The van der Waals surface area contributed by atoms with Crippen LogP contribution in [0.3, 0.4) is 0 Å². The Labute approximate surface area is 179 Å². The Morgan fingerprint density at radius 2 is 1.86 bits per heavy atom. The van der Waals surface area contributed by atoms with Gasteiger partial charge >= 0.3 is 0 Å². The van der Waals surface area contributed by atoms with Crippen molar-refractivity contribution in [1.82, 2.24) is 20.1 Å². The number of halogens is 1. The molecule has 0 radical (unpaired) electrons. The summed E-state index contributed by atoms with van der Waals surface area (Å²) in [4.78, 5) is 12.0. The van der Waals surface area contributed by atoms with E-state index in [1.54, 1.807) is 7.11 Å². The van der Waals surface area contributed by atoms with Gasteiger partial charge in [-0.05, 0) is 36.2 Å². The first-order valence-electron chi connectivity index (χ1n) is 9.30. The van der Waals surface area contributed by atoms with Gasteiger partial charge in [0.15, 0.2) is 5.16 Å². The fourth-order valence-electron chi connectivity index (χ4n) is 2.78. The number of methoxy groups -OCH3 is 1. The molecular weight excluding hydrogens is 408 g/mol. The molecular formula is C21H23ClN4O2S. The maximum Gasteiger partial charge on any atom is 0.230 e. The van der Waals surface area contributed by atoms with Crippen LogP contribution in [-0.2, 0) is 22.4 Å². The molecule has 152 valence electrons. The number of hydrogen-bond donors (Lipinski definition) is 1. The maximum atomic E-state index is 12.0. The first kappa shape index (κ1) is 21.4. The summed E-state index contributed by atoms with van der Waals surface area (Å²) in [6.07, 6.45) is 1.59. The monoisotopic (exact) mass is 430 g/mol. The zero-order valence-electron chi connectivity index (χ0n) is 16.2. The molecule has 0 atom stereocenters. The Kier molecular flexibility index (Phi) is 8.10. The molecule has 1 amide bonds. The maximum absolute atomic E-state index is 12.0. The van der Waals surface area contributed by atoms with Gasteiger partial charge in [-0.1, -0.05) is 53.7 Å². The zero-order valence-corrected chi connectivity index (χ0v) is 17.7. The van der Waals surface area contributed by atoms with Crippen LogP contribution in [0.5, 0.6) is 0 Å². The fraction of sp³-hybridized carbons (Fsp3) is 0.286. The summed E-state index contributed by atoms with van der Waals surface area (Å²) >= 11 is 7.41. The second kappa shape index (κ2) is 11.0. The van der Waals surface area contributed by atoms with Crippen LogP contribution in [0.15, 0.2) is 59.8 Å². The van der Waals surface area contributed by atoms with E-state index in [0.29, 0.717) is 23.3 Å². The second-order valence-electron chi connectivity index (χ2n) is 6.33. The molecule has 6 nitrogen and oxygen atoms in total. The summed E-state index contributed by atoms with van der Waals surface area (Å²) < 4.78 is 6.94. The van der Waals surface area contributed by atoms with Crippen LogP contribution in [0.4, 0.5) is 0 Å². The summed E-state index contributed by atoms with van der Waals surface area (Å²) in [6, 6.07) is 17.8. The van der Waals surface area contributed by atoms with Crippen LogP contribution in [0.25, 0.3) is 5.69 Å². The van der Waals surface area contributed by atoms with Crippen LogP contribution in [0.1, 0.15) is 11.4 Å². The minimum Gasteiger partial charge on any atom is -0.383 e. The van der Waals surface area contributed by atoms with Crippen LogP contribution >= 0.6 is 23.4 Å². The number of aryl methyl sites for hydroxylation is 2. The molecule has 1 N–H and O–H groups in total. The largest absolute Gasteiger partial charge is 0.383 e. The van der Waals surface area contributed by atoms with Gasteiger partial charge in [0, 0.05) is 30.8 Å². The van der Waals surface area contributed by atoms with Gasteiger partial charge in [0.25, 0.3) is 0 Å². The highest BCUT2D eigenvalue weighted by atomic mass is 35.5. The lowest BCUT2D eigenvalue weighted by molar-refractivity contribution is -0.118. The molecule has 1 heterocycles. The van der Waals surface area contributed by atoms with Crippen LogP contribution in [0.2, 0.25) is 5.02 Å². The molecule has 0 aliphatic rings. The molecule has 0 bridgehead atoms. The van der Waals surface area contributed by atoms with Gasteiger partial charge < -0.3 is 10.1 Å². The molecule has 3 aromatic rings. The topological polar surface area (TPSA) is 69.0 Å². The normalized spacial score (nSPS) is 10.8. The summed E-state index contributed by atoms with van der Waals surface area (Å²) in [5.74, 6) is 1.04. The Hall–Kier alpha value is -2.35. The second-order valence-corrected chi connectivity index (χ2v) is 7.71. The molecule has 3 rings (SSSR count). The number of nitrogens with zero attached hydrogens (tertiary/aromatic N) is 3. The van der Waals surface area contributed by atoms with E-state index in [1.807, 2.05) is 47.0 Å². The summed E-state index contributed by atoms with van der Waals surface area (Å²) in [5, 5.41) is 12.9. The summed E-state index contributed by atoms with van der Waals surface area (Å²) in [7, 11) is 1.60. The molecule has 0 unspecified atom stereocenters. The molecule has 0 aliphatic carbocycles. The third kappa shape index (κ3) is 6.32. The average molecular weight is 431 g/mol. The first-order valence-corrected chi connectivity index (χ1v) is 10.7. The van der Waals surface area contributed by atoms with Gasteiger partial charge in [-0.15, -0.1) is 10.2 Å². The average Bonchev–Trinajstić information content (AvgIpc) is 3.15. The van der Waals surface area contributed by atoms with Gasteiger partial charge in [0.1, 0.15) is 5.82 Å². The highest BCUT2D eigenvalue weighted by molar-refractivity contribution is 7.99. The van der Waals surface area contributed by atoms with Gasteiger partial charge in [-0.2, -0.15) is 0 Å². The molecule has 0 aliphatic heterocycles. The number of benzene rings is 2. The van der Waals surface area contributed by atoms with Crippen molar-refractivity contribution < 1.29 is 9.53 Å². The van der Waals surface area contributed by atoms with E-state index in [9.17, 15) is 4.79 Å². The molecule has 2 aromatic carbocycles. The number of carbonyl (C=O) groups excluding carboxylic acids is 1. The SMILES string of the molecule is COCCNC(=O)CSc1nnc(CCc2ccccc2)n1-c1ccc(Cl)cc1. The minimum absolute atomic E-state index is 0.0662. The van der Waals surface area contributed by atoms with Crippen molar-refractivity contribution >= 4 is 29.3 Å². The number of amides is 1. The molecule has 0 fully saturated rings. The van der Waals surface area contributed by atoms with Crippen molar-refractivity contribution in [1.29, 1.82) is 0 Å². The highest BCUT2D eigenvalue weighted by Gasteiger charge is 2.16. The quantitative estimate of drug-likeness (QED) is 0.393. The molecule has 8 heteroatoms. The number of rotatable bonds is 10. The van der Waals surface area contributed by atoms with E-state index in [-0.39, 0.29) is 11.7 Å². The number of thioether (sulfide) groups is 1. The van der Waals surface area contributed by atoms with E-state index in [2.05, 4.69) is 27.6 Å². The Balaban J connectivity index is 1.75. The van der Waals surface area contributed by atoms with Crippen LogP contribution in [-0.4, -0.2) is 46.7 Å². The molecule has 0 saturated heterocycles. The predicted molar refractivity (Wildman–Crippen MR) is 116 cm³/mol. The van der Waals surface area contributed by atoms with Crippen molar-refractivity contribution in [3.8, 4) is 5.69 Å². The molecule has 1 aromatic heterocycles. The first-order chi connectivity index (χ1) is 14.2. The van der Waals surface area contributed by atoms with E-state index in [4.69, 9.17) is 16.3 Å². The Morgan fingerprint density at radius 3 is 2.59 bits per heavy atom. The summed E-state index contributed by atoms with van der Waals surface area (Å²) in [5.41, 5.74) is 2.16. The molecule has 0 saturated carbocycles. The van der Waals surface area contributed by atoms with Crippen molar-refractivity contribution in [3.05, 3.63) is 71.0 Å². The molecule has 0 spiro atoms. The standard InChI is InChI=1S/C21H23ClN4O2S/c1-28-14-13-23-20(27)15-29-21-25-24-19(12-7-16-5-3-2-4-6-16)26(21)18-10-8-17(22)9-11-18/h2-6,8-11H,7,12-15H2,1H3,(H,23,27). The third-order valence-electron chi connectivity index (χ3n) is 4.23. The fourth-order valence-corrected chi connectivity index (χ4v) is 3.71. The Morgan fingerprint density at radius 1 is 1.10 bits per heavy atom. The van der Waals surface area contributed by atoms with E-state index < -0.39 is 0 Å². The van der Waals surface area contributed by atoms with Gasteiger partial charge in [-0.3, -0.25) is 9.36 Å². The predicted octanol–water partition coefficient (Wildman–Crippen LogP) is 3.56. The van der Waals surface area contributed by atoms with Gasteiger partial charge in [0.05, 0.1) is 12.4 Å². The number of ether oxygens (including phenoxy) is 1. The minimum atomic E-state index is -0.0662. The summed E-state index contributed by atoms with van der Waals surface area (Å²) in [6.45, 7) is 0.975. The highest BCUT2D eigenvalue weighted by Crippen LogP contribution is 2.24. The van der Waals surface area contributed by atoms with Gasteiger partial charge in [0.2, 0.25) is 5.91 Å². The van der Waals surface area contributed by atoms with Crippen molar-refractivity contribution in [2.45, 2.75) is 18.0 Å². The van der Waals surface area contributed by atoms with Crippen LogP contribution in [0, 0.1) is 0 Å². The number of aromatic nitrogens is 3. The number of nitrogens with one attached hydrogen (secondary N) is 1. The van der Waals surface area contributed by atoms with Crippen molar-refractivity contribution in [3.63, 3.8) is 0 Å².